The molecule has 2 aromatic rings. The van der Waals surface area contributed by atoms with E-state index in [0.29, 0.717) is 17.9 Å². The van der Waals surface area contributed by atoms with Gasteiger partial charge in [-0.1, -0.05) is 18.0 Å². The van der Waals surface area contributed by atoms with Crippen molar-refractivity contribution in [2.24, 2.45) is 5.84 Å². The van der Waals surface area contributed by atoms with E-state index in [0.717, 1.165) is 11.3 Å². The minimum Gasteiger partial charge on any atom is -0.496 e. The summed E-state index contributed by atoms with van der Waals surface area (Å²) in [5.74, 6) is 5.45. The number of benzene rings is 1. The van der Waals surface area contributed by atoms with Crippen molar-refractivity contribution < 1.29 is 9.53 Å². The number of aromatic nitrogens is 1. The molecule has 3 N–H and O–H groups in total. The Balaban J connectivity index is 2.26. The van der Waals surface area contributed by atoms with E-state index < -0.39 is 0 Å². The molecule has 1 aromatic heterocycles. The Bertz CT molecular complexity index is 637. The third-order valence-corrected chi connectivity index (χ3v) is 3.93. The number of nitrogen functional groups attached to an aromatic ring is 1. The number of amides is 1. The van der Waals surface area contributed by atoms with Crippen molar-refractivity contribution >= 4 is 23.5 Å². The summed E-state index contributed by atoms with van der Waals surface area (Å²) in [6, 6.07) is 9.15. The minimum atomic E-state index is -0.348. The van der Waals surface area contributed by atoms with E-state index in [-0.39, 0.29) is 5.91 Å². The number of hydrogen-bond donors (Lipinski definition) is 2. The average molecular weight is 318 g/mol. The van der Waals surface area contributed by atoms with Crippen LogP contribution >= 0.6 is 11.9 Å². The smallest absolute Gasteiger partial charge is 0.265 e. The molecule has 0 spiro atoms. The number of anilines is 1. The van der Waals surface area contributed by atoms with Gasteiger partial charge in [0.25, 0.3) is 5.91 Å². The number of hydrogen-bond acceptors (Lipinski definition) is 6. The van der Waals surface area contributed by atoms with Crippen molar-refractivity contribution in [3.05, 3.63) is 53.9 Å². The molecule has 0 aliphatic rings. The van der Waals surface area contributed by atoms with Crippen LogP contribution in [0.15, 0.2) is 42.7 Å². The molecule has 0 unspecified atom stereocenters. The topological polar surface area (TPSA) is 80.5 Å². The first kappa shape index (κ1) is 16.1. The van der Waals surface area contributed by atoms with E-state index in [1.807, 2.05) is 24.5 Å². The molecule has 7 heteroatoms. The zero-order valence-corrected chi connectivity index (χ0v) is 13.3. The second-order valence-corrected chi connectivity index (χ2v) is 5.24. The first-order chi connectivity index (χ1) is 10.7. The summed E-state index contributed by atoms with van der Waals surface area (Å²) in [4.78, 5) is 15.7. The lowest BCUT2D eigenvalue weighted by Gasteiger charge is -2.22. The van der Waals surface area contributed by atoms with Gasteiger partial charge in [0.05, 0.1) is 25.5 Å². The first-order valence-corrected chi connectivity index (χ1v) is 7.77. The zero-order chi connectivity index (χ0) is 15.9. The van der Waals surface area contributed by atoms with Crippen molar-refractivity contribution in [3.63, 3.8) is 0 Å². The fourth-order valence-electron chi connectivity index (χ4n) is 2.02. The maximum atomic E-state index is 11.6. The molecule has 1 heterocycles. The highest BCUT2D eigenvalue weighted by Crippen LogP contribution is 2.27. The lowest BCUT2D eigenvalue weighted by Crippen LogP contribution is -2.30. The van der Waals surface area contributed by atoms with Gasteiger partial charge >= 0.3 is 0 Å². The van der Waals surface area contributed by atoms with Gasteiger partial charge in [0.2, 0.25) is 0 Å². The quantitative estimate of drug-likeness (QED) is 0.367. The molecule has 2 rings (SSSR count). The molecule has 22 heavy (non-hydrogen) atoms. The van der Waals surface area contributed by atoms with Crippen LogP contribution in [-0.4, -0.2) is 24.3 Å². The second kappa shape index (κ2) is 7.67. The highest BCUT2D eigenvalue weighted by molar-refractivity contribution is 7.99. The fraction of sp³-hybridized carbons (Fsp3) is 0.200. The molecule has 1 aromatic carbocycles. The Morgan fingerprint density at radius 2 is 2.27 bits per heavy atom. The van der Waals surface area contributed by atoms with Gasteiger partial charge in [-0.2, -0.15) is 0 Å². The number of nitrogens with one attached hydrogen (secondary N) is 1. The predicted octanol–water partition coefficient (Wildman–Crippen LogP) is 1.98. The van der Waals surface area contributed by atoms with Crippen LogP contribution in [0.4, 0.5) is 5.69 Å². The number of carbonyl (C=O) groups is 1. The molecule has 1 amide bonds. The van der Waals surface area contributed by atoms with Crippen LogP contribution in [0.5, 0.6) is 5.75 Å². The van der Waals surface area contributed by atoms with Crippen LogP contribution in [0.2, 0.25) is 0 Å². The van der Waals surface area contributed by atoms with E-state index in [1.54, 1.807) is 43.6 Å². The van der Waals surface area contributed by atoms with Crippen LogP contribution in [0.3, 0.4) is 0 Å². The van der Waals surface area contributed by atoms with E-state index in [2.05, 4.69) is 14.7 Å². The molecule has 0 fully saturated rings. The molecule has 0 radical (unpaired) electrons. The Kier molecular flexibility index (Phi) is 5.62. The number of carbonyl (C=O) groups excluding carboxylic acids is 1. The maximum Gasteiger partial charge on any atom is 0.265 e. The van der Waals surface area contributed by atoms with Crippen LogP contribution in [-0.2, 0) is 6.54 Å². The van der Waals surface area contributed by atoms with Crippen molar-refractivity contribution in [3.8, 4) is 5.75 Å². The summed E-state index contributed by atoms with van der Waals surface area (Å²) in [6.45, 7) is 0.626. The Morgan fingerprint density at radius 3 is 2.86 bits per heavy atom. The SMILES string of the molecule is COc1cc(C(=O)NN)ccc1CN(SC)c1cccnc1. The highest BCUT2D eigenvalue weighted by atomic mass is 32.2. The van der Waals surface area contributed by atoms with E-state index in [9.17, 15) is 4.79 Å². The van der Waals surface area contributed by atoms with E-state index >= 15 is 0 Å². The standard InChI is InChI=1S/C15H18N4O2S/c1-21-14-8-11(15(20)18-16)5-6-12(14)10-19(22-2)13-4-3-7-17-9-13/h3-9H,10,16H2,1-2H3,(H,18,20). The molecule has 0 saturated carbocycles. The lowest BCUT2D eigenvalue weighted by atomic mass is 10.1. The normalized spacial score (nSPS) is 10.1. The number of nitrogens with two attached hydrogens (primary N) is 1. The Hall–Kier alpha value is -2.25. The largest absolute Gasteiger partial charge is 0.496 e. The maximum absolute atomic E-state index is 11.6. The van der Waals surface area contributed by atoms with Crippen molar-refractivity contribution in [2.75, 3.05) is 17.7 Å². The summed E-state index contributed by atoms with van der Waals surface area (Å²) >= 11 is 1.59. The highest BCUT2D eigenvalue weighted by Gasteiger charge is 2.13. The summed E-state index contributed by atoms with van der Waals surface area (Å²) in [5, 5.41) is 0. The van der Waals surface area contributed by atoms with Crippen LogP contribution in [0, 0.1) is 0 Å². The Morgan fingerprint density at radius 1 is 1.45 bits per heavy atom. The molecule has 6 nitrogen and oxygen atoms in total. The number of pyridine rings is 1. The van der Waals surface area contributed by atoms with E-state index in [4.69, 9.17) is 10.6 Å². The van der Waals surface area contributed by atoms with Crippen LogP contribution < -0.4 is 20.3 Å². The molecular formula is C15H18N4O2S. The molecule has 0 bridgehead atoms. The third kappa shape index (κ3) is 3.69. The van der Waals surface area contributed by atoms with Gasteiger partial charge in [-0.15, -0.1) is 0 Å². The van der Waals surface area contributed by atoms with Gasteiger partial charge in [-0.3, -0.25) is 15.2 Å². The van der Waals surface area contributed by atoms with Gasteiger partial charge in [0.15, 0.2) is 0 Å². The molecular weight excluding hydrogens is 300 g/mol. The lowest BCUT2D eigenvalue weighted by molar-refractivity contribution is 0.0953. The van der Waals surface area contributed by atoms with E-state index in [1.165, 1.54) is 0 Å². The second-order valence-electron chi connectivity index (χ2n) is 4.43. The van der Waals surface area contributed by atoms with Crippen molar-refractivity contribution in [2.45, 2.75) is 6.54 Å². The number of rotatable bonds is 6. The number of nitrogens with zero attached hydrogens (tertiary/aromatic N) is 2. The first-order valence-electron chi connectivity index (χ1n) is 6.59. The summed E-state index contributed by atoms with van der Waals surface area (Å²) in [6.07, 6.45) is 5.54. The Labute approximate surface area is 133 Å². The number of methoxy groups -OCH3 is 1. The minimum absolute atomic E-state index is 0.348. The van der Waals surface area contributed by atoms with Crippen molar-refractivity contribution in [1.29, 1.82) is 0 Å². The summed E-state index contributed by atoms with van der Waals surface area (Å²) in [7, 11) is 1.58. The van der Waals surface area contributed by atoms with Gasteiger partial charge < -0.3 is 9.04 Å². The molecule has 0 atom stereocenters. The zero-order valence-electron chi connectivity index (χ0n) is 12.4. The number of ether oxygens (including phenoxy) is 1. The number of hydrazine groups is 1. The molecule has 116 valence electrons. The molecule has 0 aliphatic carbocycles. The summed E-state index contributed by atoms with van der Waals surface area (Å²) in [5.41, 5.74) is 4.54. The van der Waals surface area contributed by atoms with Crippen LogP contribution in [0.25, 0.3) is 0 Å². The predicted molar refractivity (Wildman–Crippen MR) is 88.6 cm³/mol. The van der Waals surface area contributed by atoms with Gasteiger partial charge in [-0.05, 0) is 24.3 Å². The fourth-order valence-corrected chi connectivity index (χ4v) is 2.60. The van der Waals surface area contributed by atoms with Gasteiger partial charge in [-0.25, -0.2) is 5.84 Å². The molecule has 0 aliphatic heterocycles. The van der Waals surface area contributed by atoms with Crippen molar-refractivity contribution in [1.82, 2.24) is 10.4 Å². The van der Waals surface area contributed by atoms with Crippen LogP contribution in [0.1, 0.15) is 15.9 Å². The average Bonchev–Trinajstić information content (AvgIpc) is 2.59. The molecule has 0 saturated heterocycles. The third-order valence-electron chi connectivity index (χ3n) is 3.15. The van der Waals surface area contributed by atoms with Gasteiger partial charge in [0.1, 0.15) is 5.75 Å². The monoisotopic (exact) mass is 318 g/mol. The van der Waals surface area contributed by atoms with Gasteiger partial charge in [0, 0.05) is 23.6 Å². The summed E-state index contributed by atoms with van der Waals surface area (Å²) < 4.78 is 7.48.